The van der Waals surface area contributed by atoms with Gasteiger partial charge in [0.25, 0.3) is 0 Å². The number of hydrogen-bond acceptors (Lipinski definition) is 4. The molecule has 64 valence electrons. The van der Waals surface area contributed by atoms with E-state index >= 15 is 0 Å². The molecule has 1 heterocycles. The molecule has 0 fully saturated rings. The van der Waals surface area contributed by atoms with Crippen LogP contribution in [0.3, 0.4) is 0 Å². The molecule has 12 heavy (non-hydrogen) atoms. The van der Waals surface area contributed by atoms with E-state index in [0.717, 1.165) is 11.4 Å². The summed E-state index contributed by atoms with van der Waals surface area (Å²) in [5.74, 6) is 0. The summed E-state index contributed by atoms with van der Waals surface area (Å²) in [7, 11) is 0. The lowest BCUT2D eigenvalue weighted by atomic mass is 10.2. The first-order valence-electron chi connectivity index (χ1n) is 3.90. The van der Waals surface area contributed by atoms with Gasteiger partial charge < -0.3 is 22.1 Å². The fourth-order valence-corrected chi connectivity index (χ4v) is 1.27. The lowest BCUT2D eigenvalue weighted by molar-refractivity contribution is 0.615. The van der Waals surface area contributed by atoms with E-state index in [0.29, 0.717) is 0 Å². The van der Waals surface area contributed by atoms with E-state index in [-0.39, 0.29) is 12.3 Å². The monoisotopic (exact) mass is 164 g/mol. The highest BCUT2D eigenvalue weighted by Crippen LogP contribution is 2.25. The third kappa shape index (κ3) is 1.11. The zero-order chi connectivity index (χ0) is 8.55. The molecule has 2 rings (SSSR count). The molecule has 0 radical (unpaired) electrons. The fourth-order valence-electron chi connectivity index (χ4n) is 1.27. The van der Waals surface area contributed by atoms with Crippen molar-refractivity contribution >= 4 is 11.4 Å². The molecule has 2 unspecified atom stereocenters. The highest BCUT2D eigenvalue weighted by Gasteiger charge is 2.19. The van der Waals surface area contributed by atoms with Gasteiger partial charge >= 0.3 is 0 Å². The average Bonchev–Trinajstić information content (AvgIpc) is 2.07. The number of fused-ring (bicyclic) bond motifs is 1. The minimum absolute atomic E-state index is 0.222. The summed E-state index contributed by atoms with van der Waals surface area (Å²) in [4.78, 5) is 0. The highest BCUT2D eigenvalue weighted by atomic mass is 15.2. The normalized spacial score (nSPS) is 26.8. The molecular weight excluding hydrogens is 152 g/mol. The summed E-state index contributed by atoms with van der Waals surface area (Å²) in [6, 6.07) is 7.84. The van der Waals surface area contributed by atoms with Crippen LogP contribution in [0.15, 0.2) is 24.3 Å². The zero-order valence-electron chi connectivity index (χ0n) is 6.62. The number of para-hydroxylation sites is 2. The van der Waals surface area contributed by atoms with Gasteiger partial charge in [-0.15, -0.1) is 0 Å². The Morgan fingerprint density at radius 2 is 1.33 bits per heavy atom. The molecule has 1 aliphatic rings. The molecule has 0 amide bonds. The minimum atomic E-state index is -0.222. The van der Waals surface area contributed by atoms with Crippen LogP contribution in [-0.4, -0.2) is 12.3 Å². The van der Waals surface area contributed by atoms with Crippen molar-refractivity contribution in [2.75, 3.05) is 10.6 Å². The summed E-state index contributed by atoms with van der Waals surface area (Å²) in [6.45, 7) is 0. The Balaban J connectivity index is 2.34. The van der Waals surface area contributed by atoms with Gasteiger partial charge in [-0.25, -0.2) is 0 Å². The van der Waals surface area contributed by atoms with Crippen molar-refractivity contribution in [2.45, 2.75) is 12.3 Å². The molecule has 0 spiro atoms. The van der Waals surface area contributed by atoms with E-state index in [1.54, 1.807) is 0 Å². The molecule has 0 aromatic heterocycles. The van der Waals surface area contributed by atoms with Crippen LogP contribution in [0.25, 0.3) is 0 Å². The Labute approximate surface area is 70.9 Å². The van der Waals surface area contributed by atoms with Gasteiger partial charge in [-0.1, -0.05) is 12.1 Å². The fraction of sp³-hybridized carbons (Fsp3) is 0.250. The van der Waals surface area contributed by atoms with E-state index in [1.165, 1.54) is 0 Å². The van der Waals surface area contributed by atoms with Crippen molar-refractivity contribution in [3.63, 3.8) is 0 Å². The maximum Gasteiger partial charge on any atom is 0.109 e. The van der Waals surface area contributed by atoms with Gasteiger partial charge in [0, 0.05) is 0 Å². The second kappa shape index (κ2) is 2.66. The molecule has 1 aromatic rings. The summed E-state index contributed by atoms with van der Waals surface area (Å²) < 4.78 is 0. The maximum atomic E-state index is 5.69. The number of benzene rings is 1. The summed E-state index contributed by atoms with van der Waals surface area (Å²) in [5.41, 5.74) is 13.4. The van der Waals surface area contributed by atoms with Gasteiger partial charge in [-0.2, -0.15) is 0 Å². The van der Waals surface area contributed by atoms with Crippen molar-refractivity contribution in [1.29, 1.82) is 0 Å². The molecule has 0 bridgehead atoms. The summed E-state index contributed by atoms with van der Waals surface area (Å²) >= 11 is 0. The maximum absolute atomic E-state index is 5.69. The third-order valence-corrected chi connectivity index (χ3v) is 1.96. The van der Waals surface area contributed by atoms with Crippen LogP contribution in [0.4, 0.5) is 11.4 Å². The number of nitrogens with two attached hydrogens (primary N) is 2. The van der Waals surface area contributed by atoms with E-state index in [4.69, 9.17) is 11.5 Å². The number of rotatable bonds is 0. The van der Waals surface area contributed by atoms with Crippen LogP contribution < -0.4 is 22.1 Å². The highest BCUT2D eigenvalue weighted by molar-refractivity contribution is 5.71. The quantitative estimate of drug-likeness (QED) is 0.438. The van der Waals surface area contributed by atoms with Gasteiger partial charge in [0.15, 0.2) is 0 Å². The van der Waals surface area contributed by atoms with Crippen LogP contribution in [0.5, 0.6) is 0 Å². The van der Waals surface area contributed by atoms with Crippen molar-refractivity contribution in [1.82, 2.24) is 0 Å². The summed E-state index contributed by atoms with van der Waals surface area (Å²) in [6.07, 6.45) is -0.445. The third-order valence-electron chi connectivity index (χ3n) is 1.96. The molecule has 6 N–H and O–H groups in total. The molecule has 4 nitrogen and oxygen atoms in total. The molecule has 4 heteroatoms. The second-order valence-corrected chi connectivity index (χ2v) is 2.89. The average molecular weight is 164 g/mol. The smallest absolute Gasteiger partial charge is 0.109 e. The first-order chi connectivity index (χ1) is 5.77. The molecule has 1 aromatic carbocycles. The first-order valence-corrected chi connectivity index (χ1v) is 3.90. The molecule has 0 saturated heterocycles. The SMILES string of the molecule is NC1Nc2ccccc2NC1N. The molecule has 0 aliphatic carbocycles. The van der Waals surface area contributed by atoms with E-state index in [2.05, 4.69) is 10.6 Å². The van der Waals surface area contributed by atoms with Crippen LogP contribution in [0.2, 0.25) is 0 Å². The first kappa shape index (κ1) is 7.39. The summed E-state index contributed by atoms with van der Waals surface area (Å²) in [5, 5.41) is 6.20. The standard InChI is InChI=1S/C8H12N4/c9-7-8(10)12-6-4-2-1-3-5(6)11-7/h1-4,7-8,11-12H,9-10H2. The number of hydrogen-bond donors (Lipinski definition) is 4. The van der Waals surface area contributed by atoms with Gasteiger partial charge in [-0.3, -0.25) is 0 Å². The minimum Gasteiger partial charge on any atom is -0.365 e. The lowest BCUT2D eigenvalue weighted by Gasteiger charge is -2.31. The van der Waals surface area contributed by atoms with E-state index in [9.17, 15) is 0 Å². The van der Waals surface area contributed by atoms with Crippen LogP contribution in [-0.2, 0) is 0 Å². The Kier molecular flexibility index (Phi) is 1.64. The predicted octanol–water partition coefficient (Wildman–Crippen LogP) is 0.0936. The van der Waals surface area contributed by atoms with Gasteiger partial charge in [0.2, 0.25) is 0 Å². The van der Waals surface area contributed by atoms with Crippen molar-refractivity contribution in [3.05, 3.63) is 24.3 Å². The Morgan fingerprint density at radius 1 is 0.917 bits per heavy atom. The largest absolute Gasteiger partial charge is 0.365 e. The van der Waals surface area contributed by atoms with Crippen molar-refractivity contribution < 1.29 is 0 Å². The molecular formula is C8H12N4. The van der Waals surface area contributed by atoms with Crippen LogP contribution in [0, 0.1) is 0 Å². The lowest BCUT2D eigenvalue weighted by Crippen LogP contribution is -2.53. The van der Waals surface area contributed by atoms with Crippen LogP contribution in [0.1, 0.15) is 0 Å². The van der Waals surface area contributed by atoms with Crippen LogP contribution >= 0.6 is 0 Å². The van der Waals surface area contributed by atoms with Crippen molar-refractivity contribution in [2.24, 2.45) is 11.5 Å². The molecule has 1 aliphatic heterocycles. The molecule has 0 saturated carbocycles. The van der Waals surface area contributed by atoms with Gasteiger partial charge in [0.1, 0.15) is 12.3 Å². The second-order valence-electron chi connectivity index (χ2n) is 2.89. The Bertz CT molecular complexity index is 257. The topological polar surface area (TPSA) is 76.1 Å². The number of nitrogens with one attached hydrogen (secondary N) is 2. The Hall–Kier alpha value is -1.26. The predicted molar refractivity (Wildman–Crippen MR) is 49.6 cm³/mol. The van der Waals surface area contributed by atoms with Crippen molar-refractivity contribution in [3.8, 4) is 0 Å². The van der Waals surface area contributed by atoms with Gasteiger partial charge in [0.05, 0.1) is 11.4 Å². The Morgan fingerprint density at radius 3 is 1.75 bits per heavy atom. The van der Waals surface area contributed by atoms with E-state index < -0.39 is 0 Å². The molecule has 2 atom stereocenters. The van der Waals surface area contributed by atoms with Gasteiger partial charge in [-0.05, 0) is 12.1 Å². The zero-order valence-corrected chi connectivity index (χ0v) is 6.62. The number of anilines is 2. The van der Waals surface area contributed by atoms with E-state index in [1.807, 2.05) is 24.3 Å².